The maximum atomic E-state index is 13.6. The minimum absolute atomic E-state index is 0.0466. The van der Waals surface area contributed by atoms with Crippen LogP contribution in [0.1, 0.15) is 15.9 Å². The zero-order chi connectivity index (χ0) is 24.7. The fraction of sp³-hybridized carbons (Fsp3) is 0.192. The predicted molar refractivity (Wildman–Crippen MR) is 138 cm³/mol. The Morgan fingerprint density at radius 3 is 2.23 bits per heavy atom. The van der Waals surface area contributed by atoms with Crippen molar-refractivity contribution in [2.24, 2.45) is 0 Å². The van der Waals surface area contributed by atoms with Gasteiger partial charge in [0.1, 0.15) is 0 Å². The van der Waals surface area contributed by atoms with Crippen LogP contribution in [0.2, 0.25) is 0 Å². The largest absolute Gasteiger partial charge is 0.355 e. The average molecular weight is 488 g/mol. The van der Waals surface area contributed by atoms with Gasteiger partial charge in [-0.3, -0.25) is 14.0 Å². The van der Waals surface area contributed by atoms with E-state index in [-0.39, 0.29) is 16.4 Å². The van der Waals surface area contributed by atoms with E-state index in [2.05, 4.69) is 0 Å². The number of nitrogens with zero attached hydrogens (tertiary/aromatic N) is 5. The molecule has 5 rings (SSSR count). The number of para-hydroxylation sites is 2. The van der Waals surface area contributed by atoms with E-state index in [1.807, 2.05) is 55.3 Å². The molecule has 0 saturated heterocycles. The second kappa shape index (κ2) is 8.66. The molecule has 178 valence electrons. The topological polar surface area (TPSA) is 86.7 Å². The molecule has 1 aromatic heterocycles. The molecule has 8 nitrogen and oxygen atoms in total. The van der Waals surface area contributed by atoms with Crippen LogP contribution in [0.15, 0.2) is 77.7 Å². The summed E-state index contributed by atoms with van der Waals surface area (Å²) in [5, 5.41) is 0. The molecular weight excluding hydrogens is 462 g/mol. The Hall–Kier alpha value is -3.98. The van der Waals surface area contributed by atoms with Crippen LogP contribution in [-0.4, -0.2) is 51.5 Å². The van der Waals surface area contributed by atoms with Crippen molar-refractivity contribution in [2.75, 3.05) is 41.3 Å². The highest BCUT2D eigenvalue weighted by Crippen LogP contribution is 2.32. The number of carbonyl (C=O) groups is 1. The molecule has 0 unspecified atom stereocenters. The van der Waals surface area contributed by atoms with Gasteiger partial charge < -0.3 is 4.90 Å². The lowest BCUT2D eigenvalue weighted by Gasteiger charge is -2.33. The number of sulfonamides is 1. The van der Waals surface area contributed by atoms with E-state index in [1.165, 1.54) is 23.5 Å². The molecule has 9 heteroatoms. The van der Waals surface area contributed by atoms with Gasteiger partial charge in [-0.15, -0.1) is 0 Å². The Morgan fingerprint density at radius 1 is 0.886 bits per heavy atom. The molecule has 0 aliphatic carbocycles. The number of hydrogen-bond acceptors (Lipinski definition) is 6. The number of amides is 1. The lowest BCUT2D eigenvalue weighted by Crippen LogP contribution is -2.43. The number of carbonyl (C=O) groups excluding carboxylic acids is 1. The van der Waals surface area contributed by atoms with E-state index in [4.69, 9.17) is 9.97 Å². The maximum Gasteiger partial charge on any atom is 0.264 e. The van der Waals surface area contributed by atoms with Crippen molar-refractivity contribution in [3.05, 3.63) is 83.9 Å². The third kappa shape index (κ3) is 4.08. The number of benzene rings is 3. The Morgan fingerprint density at radius 2 is 1.54 bits per heavy atom. The van der Waals surface area contributed by atoms with Crippen LogP contribution in [-0.2, 0) is 10.0 Å². The number of hydrogen-bond donors (Lipinski definition) is 0. The summed E-state index contributed by atoms with van der Waals surface area (Å²) < 4.78 is 27.9. The van der Waals surface area contributed by atoms with Gasteiger partial charge in [-0.25, -0.2) is 18.4 Å². The molecule has 4 aromatic rings. The summed E-state index contributed by atoms with van der Waals surface area (Å²) in [7, 11) is -0.443. The number of fused-ring (bicyclic) bond motifs is 2. The summed E-state index contributed by atoms with van der Waals surface area (Å²) in [6.07, 6.45) is 0. The SMILES string of the molecule is Cc1ccc(N(C)S(=O)(=O)c2cccc(C(=O)N3CCN(C)c4nc5ccccc5nc43)c2)cc1. The molecule has 2 heterocycles. The van der Waals surface area contributed by atoms with E-state index in [9.17, 15) is 13.2 Å². The second-order valence-corrected chi connectivity index (χ2v) is 10.5. The van der Waals surface area contributed by atoms with Gasteiger partial charge in [0, 0.05) is 32.7 Å². The molecule has 1 amide bonds. The number of aromatic nitrogens is 2. The highest BCUT2D eigenvalue weighted by Gasteiger charge is 2.30. The third-order valence-corrected chi connectivity index (χ3v) is 7.97. The molecule has 0 saturated carbocycles. The van der Waals surface area contributed by atoms with Crippen LogP contribution in [0.3, 0.4) is 0 Å². The summed E-state index contributed by atoms with van der Waals surface area (Å²) in [5.41, 5.74) is 3.29. The van der Waals surface area contributed by atoms with E-state index in [1.54, 1.807) is 29.2 Å². The van der Waals surface area contributed by atoms with Gasteiger partial charge >= 0.3 is 0 Å². The monoisotopic (exact) mass is 487 g/mol. The summed E-state index contributed by atoms with van der Waals surface area (Å²) >= 11 is 0. The fourth-order valence-corrected chi connectivity index (χ4v) is 5.32. The van der Waals surface area contributed by atoms with E-state index < -0.39 is 10.0 Å². The van der Waals surface area contributed by atoms with Gasteiger partial charge in [0.05, 0.1) is 21.6 Å². The number of anilines is 3. The van der Waals surface area contributed by atoms with Crippen LogP contribution in [0.5, 0.6) is 0 Å². The molecular formula is C26H25N5O3S. The molecule has 1 aliphatic heterocycles. The molecule has 0 radical (unpaired) electrons. The first-order valence-electron chi connectivity index (χ1n) is 11.2. The highest BCUT2D eigenvalue weighted by molar-refractivity contribution is 7.92. The van der Waals surface area contributed by atoms with Gasteiger partial charge in [-0.05, 0) is 49.4 Å². The first-order valence-corrected chi connectivity index (χ1v) is 12.7. The van der Waals surface area contributed by atoms with Crippen molar-refractivity contribution < 1.29 is 13.2 Å². The molecule has 35 heavy (non-hydrogen) atoms. The number of likely N-dealkylation sites (N-methyl/N-ethyl adjacent to an activating group) is 1. The van der Waals surface area contributed by atoms with E-state index in [0.717, 1.165) is 11.1 Å². The van der Waals surface area contributed by atoms with Crippen LogP contribution >= 0.6 is 0 Å². The maximum absolute atomic E-state index is 13.6. The van der Waals surface area contributed by atoms with Gasteiger partial charge in [0.15, 0.2) is 11.6 Å². The molecule has 0 spiro atoms. The molecule has 0 fully saturated rings. The Balaban J connectivity index is 1.50. The summed E-state index contributed by atoms with van der Waals surface area (Å²) in [4.78, 5) is 26.6. The van der Waals surface area contributed by atoms with E-state index >= 15 is 0 Å². The third-order valence-electron chi connectivity index (χ3n) is 6.19. The predicted octanol–water partition coefficient (Wildman–Crippen LogP) is 3.86. The quantitative estimate of drug-likeness (QED) is 0.435. The molecule has 0 atom stereocenters. The van der Waals surface area contributed by atoms with Crippen molar-refractivity contribution in [3.63, 3.8) is 0 Å². The first-order chi connectivity index (χ1) is 16.8. The molecule has 3 aromatic carbocycles. The lowest BCUT2D eigenvalue weighted by molar-refractivity contribution is 0.0985. The molecule has 1 aliphatic rings. The molecule has 0 bridgehead atoms. The van der Waals surface area contributed by atoms with Crippen molar-refractivity contribution in [3.8, 4) is 0 Å². The fourth-order valence-electron chi connectivity index (χ4n) is 4.08. The van der Waals surface area contributed by atoms with Crippen LogP contribution < -0.4 is 14.1 Å². The van der Waals surface area contributed by atoms with Crippen LogP contribution in [0, 0.1) is 6.92 Å². The van der Waals surface area contributed by atoms with Gasteiger partial charge in [0.25, 0.3) is 15.9 Å². The van der Waals surface area contributed by atoms with Crippen LogP contribution in [0.4, 0.5) is 17.3 Å². The first kappa shape index (κ1) is 22.8. The van der Waals surface area contributed by atoms with Crippen molar-refractivity contribution in [1.82, 2.24) is 9.97 Å². The molecule has 0 N–H and O–H groups in total. The Kier molecular flexibility index (Phi) is 5.64. The smallest absolute Gasteiger partial charge is 0.264 e. The van der Waals surface area contributed by atoms with Crippen molar-refractivity contribution in [1.29, 1.82) is 0 Å². The highest BCUT2D eigenvalue weighted by atomic mass is 32.2. The average Bonchev–Trinajstić information content (AvgIpc) is 2.88. The Bertz CT molecular complexity index is 1540. The number of rotatable bonds is 4. The van der Waals surface area contributed by atoms with Crippen molar-refractivity contribution in [2.45, 2.75) is 11.8 Å². The summed E-state index contributed by atoms with van der Waals surface area (Å²) in [5.74, 6) is 0.762. The lowest BCUT2D eigenvalue weighted by atomic mass is 10.2. The van der Waals surface area contributed by atoms with Gasteiger partial charge in [-0.2, -0.15) is 0 Å². The number of aryl methyl sites for hydroxylation is 1. The van der Waals surface area contributed by atoms with E-state index in [0.29, 0.717) is 35.9 Å². The van der Waals surface area contributed by atoms with Gasteiger partial charge in [0.2, 0.25) is 0 Å². The van der Waals surface area contributed by atoms with Crippen molar-refractivity contribution >= 4 is 44.3 Å². The normalized spacial score (nSPS) is 13.6. The summed E-state index contributed by atoms with van der Waals surface area (Å²) in [6, 6.07) is 20.9. The zero-order valence-corrected chi connectivity index (χ0v) is 20.5. The van der Waals surface area contributed by atoms with Gasteiger partial charge in [-0.1, -0.05) is 35.9 Å². The second-order valence-electron chi connectivity index (χ2n) is 8.57. The summed E-state index contributed by atoms with van der Waals surface area (Å²) in [6.45, 7) is 2.94. The minimum atomic E-state index is -3.86. The zero-order valence-electron chi connectivity index (χ0n) is 19.7. The standard InChI is InChI=1S/C26H25N5O3S/c1-18-11-13-20(14-12-18)30(3)35(33,34)21-8-6-7-19(17-21)26(32)31-16-15-29(2)24-25(31)28-23-10-5-4-9-22(23)27-24/h4-14,17H,15-16H2,1-3H3. The van der Waals surface area contributed by atoms with Crippen LogP contribution in [0.25, 0.3) is 11.0 Å². The minimum Gasteiger partial charge on any atom is -0.355 e. The Labute approximate surface area is 204 Å².